The van der Waals surface area contributed by atoms with Crippen molar-refractivity contribution in [3.8, 4) is 0 Å². The molecule has 2 fully saturated rings. The average Bonchev–Trinajstić information content (AvgIpc) is 2.59. The average molecular weight is 336 g/mol. The summed E-state index contributed by atoms with van der Waals surface area (Å²) in [5.74, 6) is -1.68. The maximum atomic E-state index is 12.0. The smallest absolute Gasteiger partial charge is 0.338 e. The second-order valence-corrected chi connectivity index (χ2v) is 6.83. The highest BCUT2D eigenvalue weighted by Crippen LogP contribution is 2.41. The van der Waals surface area contributed by atoms with Crippen molar-refractivity contribution in [2.45, 2.75) is 11.4 Å². The van der Waals surface area contributed by atoms with E-state index in [-0.39, 0.29) is 30.2 Å². The van der Waals surface area contributed by atoms with Gasteiger partial charge < -0.3 is 20.5 Å². The fraction of sp³-hybridized carbons (Fsp3) is 0.400. The van der Waals surface area contributed by atoms with Gasteiger partial charge in [0.1, 0.15) is 23.4 Å². The molecule has 1 aromatic rings. The third-order valence-corrected chi connectivity index (χ3v) is 5.74. The van der Waals surface area contributed by atoms with Gasteiger partial charge in [0.15, 0.2) is 0 Å². The number of carbonyl (C=O) groups is 3. The topological polar surface area (TPSA) is 110 Å². The number of nitrogens with zero attached hydrogens (tertiary/aromatic N) is 1. The van der Waals surface area contributed by atoms with Crippen LogP contribution in [-0.2, 0) is 14.3 Å². The minimum Gasteiger partial charge on any atom is -0.481 e. The molecule has 2 unspecified atom stereocenters. The summed E-state index contributed by atoms with van der Waals surface area (Å²) in [6.45, 7) is -0.274. The van der Waals surface area contributed by atoms with Crippen molar-refractivity contribution in [1.82, 2.24) is 4.90 Å². The molecule has 0 spiro atoms. The molecule has 0 radical (unpaired) electrons. The van der Waals surface area contributed by atoms with Gasteiger partial charge in [0, 0.05) is 12.3 Å². The first-order valence-electron chi connectivity index (χ1n) is 7.08. The van der Waals surface area contributed by atoms with Crippen LogP contribution in [0.2, 0.25) is 0 Å². The van der Waals surface area contributed by atoms with Crippen LogP contribution in [0.25, 0.3) is 0 Å². The number of β-lactam (4-membered cyclic amide) rings is 1. The number of rotatable bonds is 4. The number of hydrogen-bond donors (Lipinski definition) is 2. The Balaban J connectivity index is 1.69. The lowest BCUT2D eigenvalue weighted by Crippen LogP contribution is -2.72. The molecule has 122 valence electrons. The summed E-state index contributed by atoms with van der Waals surface area (Å²) in [4.78, 5) is 36.9. The molecule has 2 aliphatic heterocycles. The van der Waals surface area contributed by atoms with Crippen LogP contribution in [0.1, 0.15) is 10.4 Å². The van der Waals surface area contributed by atoms with E-state index < -0.39 is 23.4 Å². The van der Waals surface area contributed by atoms with Gasteiger partial charge in [-0.2, -0.15) is 0 Å². The van der Waals surface area contributed by atoms with Gasteiger partial charge in [-0.25, -0.2) is 4.79 Å². The molecule has 1 aromatic carbocycles. The fourth-order valence-corrected chi connectivity index (χ4v) is 4.14. The first-order valence-corrected chi connectivity index (χ1v) is 8.13. The fourth-order valence-electron chi connectivity index (χ4n) is 2.67. The molecule has 23 heavy (non-hydrogen) atoms. The van der Waals surface area contributed by atoms with Gasteiger partial charge in [0.2, 0.25) is 5.91 Å². The van der Waals surface area contributed by atoms with Crippen molar-refractivity contribution < 1.29 is 24.2 Å². The van der Waals surface area contributed by atoms with Crippen LogP contribution in [0.5, 0.6) is 0 Å². The normalized spacial score (nSPS) is 29.4. The second kappa shape index (κ2) is 5.86. The lowest BCUT2D eigenvalue weighted by atomic mass is 9.88. The molecule has 0 aliphatic carbocycles. The summed E-state index contributed by atoms with van der Waals surface area (Å²) in [6.07, 6.45) is 0. The molecule has 7 nitrogen and oxygen atoms in total. The standard InChI is InChI=1S/C15H16N2O5S/c16-10-11(18)17-6-15(14(20)21,8-23-12(10)17)7-22-13(19)9-4-2-1-3-5-9/h1-5,10,12H,6-8,16H2,(H,20,21)/t10?,12-,15?/m1/s1. The molecule has 0 saturated carbocycles. The molecule has 2 aliphatic rings. The summed E-state index contributed by atoms with van der Waals surface area (Å²) in [7, 11) is 0. The zero-order valence-electron chi connectivity index (χ0n) is 12.2. The Kier molecular flexibility index (Phi) is 4.03. The minimum atomic E-state index is -1.30. The maximum Gasteiger partial charge on any atom is 0.338 e. The van der Waals surface area contributed by atoms with Crippen molar-refractivity contribution >= 4 is 29.6 Å². The highest BCUT2D eigenvalue weighted by atomic mass is 32.2. The van der Waals surface area contributed by atoms with E-state index in [1.54, 1.807) is 30.3 Å². The van der Waals surface area contributed by atoms with Crippen molar-refractivity contribution in [2.75, 3.05) is 18.9 Å². The summed E-state index contributed by atoms with van der Waals surface area (Å²) in [6, 6.07) is 7.79. The number of aliphatic carboxylic acids is 1. The molecule has 8 heteroatoms. The third-order valence-electron chi connectivity index (χ3n) is 4.13. The lowest BCUT2D eigenvalue weighted by Gasteiger charge is -2.52. The number of benzene rings is 1. The zero-order chi connectivity index (χ0) is 16.6. The Morgan fingerprint density at radius 1 is 1.39 bits per heavy atom. The van der Waals surface area contributed by atoms with E-state index in [9.17, 15) is 19.5 Å². The van der Waals surface area contributed by atoms with Crippen LogP contribution in [0.3, 0.4) is 0 Å². The first kappa shape index (κ1) is 15.8. The lowest BCUT2D eigenvalue weighted by molar-refractivity contribution is -0.159. The van der Waals surface area contributed by atoms with E-state index in [0.717, 1.165) is 0 Å². The molecule has 3 rings (SSSR count). The number of amides is 1. The minimum absolute atomic E-state index is 0.00853. The number of carboxylic acid groups (broad SMARTS) is 1. The van der Waals surface area contributed by atoms with Crippen molar-refractivity contribution in [3.05, 3.63) is 35.9 Å². The molecule has 1 amide bonds. The summed E-state index contributed by atoms with van der Waals surface area (Å²) < 4.78 is 5.20. The summed E-state index contributed by atoms with van der Waals surface area (Å²) in [5, 5.41) is 9.40. The van der Waals surface area contributed by atoms with Crippen LogP contribution in [-0.4, -0.2) is 58.2 Å². The van der Waals surface area contributed by atoms with Crippen molar-refractivity contribution in [1.29, 1.82) is 0 Å². The van der Waals surface area contributed by atoms with Crippen LogP contribution in [0.15, 0.2) is 30.3 Å². The summed E-state index contributed by atoms with van der Waals surface area (Å²) >= 11 is 1.32. The Bertz CT molecular complexity index is 653. The van der Waals surface area contributed by atoms with E-state index in [0.29, 0.717) is 5.56 Å². The Morgan fingerprint density at radius 3 is 2.74 bits per heavy atom. The van der Waals surface area contributed by atoms with Gasteiger partial charge >= 0.3 is 11.9 Å². The quantitative estimate of drug-likeness (QED) is 0.595. The largest absolute Gasteiger partial charge is 0.481 e. The maximum absolute atomic E-state index is 12.0. The highest BCUT2D eigenvalue weighted by Gasteiger charge is 2.56. The van der Waals surface area contributed by atoms with E-state index in [2.05, 4.69) is 0 Å². The van der Waals surface area contributed by atoms with E-state index in [4.69, 9.17) is 10.5 Å². The summed E-state index contributed by atoms with van der Waals surface area (Å²) in [5.41, 5.74) is 4.75. The molecular weight excluding hydrogens is 320 g/mol. The Labute approximate surface area is 136 Å². The number of nitrogens with two attached hydrogens (primary N) is 1. The SMILES string of the molecule is NC1C(=O)N2CC(COC(=O)c3ccccc3)(C(=O)O)CS[C@H]12. The number of thioether (sulfide) groups is 1. The number of esters is 1. The van der Waals surface area contributed by atoms with Crippen LogP contribution in [0, 0.1) is 5.41 Å². The van der Waals surface area contributed by atoms with Gasteiger partial charge in [0.05, 0.1) is 5.56 Å². The Hall–Kier alpha value is -2.06. The van der Waals surface area contributed by atoms with Gasteiger partial charge in [-0.1, -0.05) is 18.2 Å². The Morgan fingerprint density at radius 2 is 2.09 bits per heavy atom. The van der Waals surface area contributed by atoms with Gasteiger partial charge in [-0.3, -0.25) is 9.59 Å². The highest BCUT2D eigenvalue weighted by molar-refractivity contribution is 8.00. The second-order valence-electron chi connectivity index (χ2n) is 5.72. The molecule has 0 bridgehead atoms. The molecule has 3 atom stereocenters. The third kappa shape index (κ3) is 2.68. The van der Waals surface area contributed by atoms with Gasteiger partial charge in [0.25, 0.3) is 0 Å². The van der Waals surface area contributed by atoms with E-state index in [1.807, 2.05) is 0 Å². The van der Waals surface area contributed by atoms with Crippen molar-refractivity contribution in [2.24, 2.45) is 11.1 Å². The monoisotopic (exact) mass is 336 g/mol. The van der Waals surface area contributed by atoms with Crippen LogP contribution < -0.4 is 5.73 Å². The zero-order valence-corrected chi connectivity index (χ0v) is 13.0. The number of hydrogen-bond acceptors (Lipinski definition) is 6. The van der Waals surface area contributed by atoms with Gasteiger partial charge in [-0.05, 0) is 12.1 Å². The van der Waals surface area contributed by atoms with Crippen molar-refractivity contribution in [3.63, 3.8) is 0 Å². The van der Waals surface area contributed by atoms with E-state index >= 15 is 0 Å². The van der Waals surface area contributed by atoms with E-state index in [1.165, 1.54) is 16.7 Å². The molecule has 2 saturated heterocycles. The predicted octanol–water partition coefficient (Wildman–Crippen LogP) is 0.157. The molecule has 0 aromatic heterocycles. The number of carbonyl (C=O) groups excluding carboxylic acids is 2. The van der Waals surface area contributed by atoms with Gasteiger partial charge in [-0.15, -0.1) is 11.8 Å². The number of fused-ring (bicyclic) bond motifs is 1. The number of carboxylic acids is 1. The first-order chi connectivity index (χ1) is 10.9. The number of ether oxygens (including phenoxy) is 1. The molecule has 3 N–H and O–H groups in total. The molecular formula is C15H16N2O5S. The van der Waals surface area contributed by atoms with Crippen LogP contribution >= 0.6 is 11.8 Å². The predicted molar refractivity (Wildman–Crippen MR) is 82.7 cm³/mol. The van der Waals surface area contributed by atoms with Crippen LogP contribution in [0.4, 0.5) is 0 Å². The molecule has 2 heterocycles.